The number of hydrogen-bond donors (Lipinski definition) is 3. The normalized spacial score (nSPS) is 21.1. The number of nitrogens with one attached hydrogen (secondary N) is 1. The summed E-state index contributed by atoms with van der Waals surface area (Å²) >= 11 is 0. The molecule has 8 nitrogen and oxygen atoms in total. The Morgan fingerprint density at radius 2 is 2.22 bits per heavy atom. The smallest absolute Gasteiger partial charge is 0.244 e. The molecule has 0 bridgehead atoms. The van der Waals surface area contributed by atoms with E-state index in [9.17, 15) is 9.90 Å². The zero-order chi connectivity index (χ0) is 16.6. The molecule has 23 heavy (non-hydrogen) atoms. The average Bonchev–Trinajstić information content (AvgIpc) is 3.13. The van der Waals surface area contributed by atoms with Gasteiger partial charge in [0.1, 0.15) is 12.4 Å². The number of nitrogen functional groups attached to an aromatic ring is 1. The lowest BCUT2D eigenvalue weighted by atomic mass is 10.0. The number of aliphatic hydroxyl groups excluding tert-OH is 1. The molecule has 2 aromatic heterocycles. The number of amides is 1. The zero-order valence-electron chi connectivity index (χ0n) is 13.4. The number of nitrogens with zero attached hydrogens (tertiary/aromatic N) is 4. The number of H-pyrrole nitrogens is 1. The minimum absolute atomic E-state index is 0.00152. The number of hydrogen-bond acceptors (Lipinski definition) is 5. The number of aromatic amines is 1. The summed E-state index contributed by atoms with van der Waals surface area (Å²) < 4.78 is 1.49. The Hall–Kier alpha value is -2.35. The van der Waals surface area contributed by atoms with Gasteiger partial charge < -0.3 is 15.7 Å². The molecule has 2 atom stereocenters. The molecule has 1 fully saturated rings. The highest BCUT2D eigenvalue weighted by molar-refractivity contribution is 5.76. The molecule has 1 amide bonds. The molecule has 124 valence electrons. The number of rotatable bonds is 4. The third-order valence-electron chi connectivity index (χ3n) is 4.21. The summed E-state index contributed by atoms with van der Waals surface area (Å²) in [6.07, 6.45) is 0.117. The lowest BCUT2D eigenvalue weighted by Crippen LogP contribution is -2.33. The molecule has 1 aliphatic heterocycles. The number of carbonyl (C=O) groups excluding carboxylic acids is 1. The van der Waals surface area contributed by atoms with Crippen LogP contribution in [0.3, 0.4) is 0 Å². The molecule has 0 radical (unpaired) electrons. The Morgan fingerprint density at radius 1 is 1.43 bits per heavy atom. The molecule has 1 aliphatic rings. The summed E-state index contributed by atoms with van der Waals surface area (Å²) in [5.41, 5.74) is 8.50. The first-order valence-corrected chi connectivity index (χ1v) is 7.69. The van der Waals surface area contributed by atoms with Crippen molar-refractivity contribution in [1.82, 2.24) is 24.9 Å². The highest BCUT2D eigenvalue weighted by atomic mass is 16.3. The van der Waals surface area contributed by atoms with Gasteiger partial charge in [-0.3, -0.25) is 9.89 Å². The average molecular weight is 318 g/mol. The van der Waals surface area contributed by atoms with E-state index in [1.54, 1.807) is 11.0 Å². The topological polar surface area (TPSA) is 113 Å². The van der Waals surface area contributed by atoms with Crippen LogP contribution in [0.15, 0.2) is 12.1 Å². The van der Waals surface area contributed by atoms with Crippen LogP contribution in [-0.4, -0.2) is 55.1 Å². The zero-order valence-corrected chi connectivity index (χ0v) is 13.4. The minimum atomic E-state index is -0.535. The van der Waals surface area contributed by atoms with Crippen LogP contribution in [0.25, 0.3) is 0 Å². The maximum absolute atomic E-state index is 12.4. The Bertz CT molecular complexity index is 707. The molecule has 0 aliphatic carbocycles. The van der Waals surface area contributed by atoms with Gasteiger partial charge in [-0.15, -0.1) is 0 Å². The number of nitrogens with two attached hydrogens (primary N) is 1. The van der Waals surface area contributed by atoms with Crippen molar-refractivity contribution in [1.29, 1.82) is 0 Å². The van der Waals surface area contributed by atoms with Crippen LogP contribution in [0.4, 0.5) is 5.82 Å². The number of aromatic nitrogens is 4. The second kappa shape index (κ2) is 6.04. The summed E-state index contributed by atoms with van der Waals surface area (Å²) in [5.74, 6) is 0.386. The van der Waals surface area contributed by atoms with Crippen molar-refractivity contribution >= 4 is 11.7 Å². The highest BCUT2D eigenvalue weighted by Gasteiger charge is 2.34. The fourth-order valence-electron chi connectivity index (χ4n) is 3.03. The van der Waals surface area contributed by atoms with E-state index in [4.69, 9.17) is 5.73 Å². The molecule has 1 saturated heterocycles. The van der Waals surface area contributed by atoms with Crippen LogP contribution in [0.2, 0.25) is 0 Å². The number of β-amino-alcohol motifs (C(OH)–C–C–N with tert-alkyl or cyclic N) is 1. The highest BCUT2D eigenvalue weighted by Crippen LogP contribution is 2.21. The van der Waals surface area contributed by atoms with Gasteiger partial charge in [0.25, 0.3) is 0 Å². The Kier molecular flexibility index (Phi) is 4.08. The van der Waals surface area contributed by atoms with Gasteiger partial charge >= 0.3 is 0 Å². The van der Waals surface area contributed by atoms with Crippen molar-refractivity contribution in [2.24, 2.45) is 5.92 Å². The summed E-state index contributed by atoms with van der Waals surface area (Å²) in [7, 11) is 0. The predicted molar refractivity (Wildman–Crippen MR) is 84.5 cm³/mol. The number of carbonyl (C=O) groups is 1. The van der Waals surface area contributed by atoms with Crippen molar-refractivity contribution in [3.05, 3.63) is 29.2 Å². The van der Waals surface area contributed by atoms with Gasteiger partial charge in [0.05, 0.1) is 17.5 Å². The third-order valence-corrected chi connectivity index (χ3v) is 4.21. The number of aliphatic hydroxyl groups is 1. The fraction of sp³-hybridized carbons (Fsp3) is 0.533. The first-order valence-electron chi connectivity index (χ1n) is 7.69. The van der Waals surface area contributed by atoms with Gasteiger partial charge in [-0.25, -0.2) is 4.68 Å². The van der Waals surface area contributed by atoms with E-state index in [1.165, 1.54) is 4.68 Å². The third kappa shape index (κ3) is 3.37. The maximum atomic E-state index is 12.4. The van der Waals surface area contributed by atoms with Crippen molar-refractivity contribution in [2.45, 2.75) is 32.9 Å². The fourth-order valence-corrected chi connectivity index (χ4v) is 3.03. The van der Waals surface area contributed by atoms with Crippen LogP contribution < -0.4 is 5.73 Å². The van der Waals surface area contributed by atoms with Gasteiger partial charge in [-0.1, -0.05) is 0 Å². The van der Waals surface area contributed by atoms with Crippen LogP contribution in [0, 0.1) is 19.8 Å². The van der Waals surface area contributed by atoms with Gasteiger partial charge in [-0.05, 0) is 26.3 Å². The minimum Gasteiger partial charge on any atom is -0.391 e. The second-order valence-electron chi connectivity index (χ2n) is 6.24. The van der Waals surface area contributed by atoms with E-state index < -0.39 is 6.10 Å². The molecule has 4 N–H and O–H groups in total. The molecular weight excluding hydrogens is 296 g/mol. The quantitative estimate of drug-likeness (QED) is 0.726. The van der Waals surface area contributed by atoms with Crippen LogP contribution >= 0.6 is 0 Å². The Labute approximate surface area is 134 Å². The van der Waals surface area contributed by atoms with Crippen LogP contribution in [-0.2, 0) is 17.8 Å². The molecule has 0 spiro atoms. The predicted octanol–water partition coefficient (Wildman–Crippen LogP) is -0.133. The van der Waals surface area contributed by atoms with E-state index in [0.29, 0.717) is 25.3 Å². The van der Waals surface area contributed by atoms with E-state index in [0.717, 1.165) is 17.1 Å². The molecule has 0 unspecified atom stereocenters. The molecule has 0 saturated carbocycles. The summed E-state index contributed by atoms with van der Waals surface area (Å²) in [5, 5.41) is 21.5. The monoisotopic (exact) mass is 318 g/mol. The largest absolute Gasteiger partial charge is 0.391 e. The second-order valence-corrected chi connectivity index (χ2v) is 6.24. The van der Waals surface area contributed by atoms with E-state index in [-0.39, 0.29) is 18.4 Å². The van der Waals surface area contributed by atoms with Gasteiger partial charge in [0.2, 0.25) is 5.91 Å². The van der Waals surface area contributed by atoms with Crippen LogP contribution in [0.5, 0.6) is 0 Å². The molecule has 8 heteroatoms. The standard InChI is InChI=1S/C15H22N6O2/c1-9-3-12(18-17-9)5-11-6-20(7-13(11)22)15(23)8-21-14(16)4-10(2)19-21/h3-4,11,13,22H,5-8,16H2,1-2H3,(H,17,18)/t11-,13+/m1/s1. The van der Waals surface area contributed by atoms with Crippen molar-refractivity contribution in [3.63, 3.8) is 0 Å². The summed E-state index contributed by atoms with van der Waals surface area (Å²) in [6.45, 7) is 4.73. The number of anilines is 1. The van der Waals surface area contributed by atoms with Crippen molar-refractivity contribution < 1.29 is 9.90 Å². The van der Waals surface area contributed by atoms with Crippen LogP contribution in [0.1, 0.15) is 17.1 Å². The van der Waals surface area contributed by atoms with Gasteiger partial charge in [0, 0.05) is 30.8 Å². The molecule has 2 aromatic rings. The Morgan fingerprint density at radius 3 is 2.83 bits per heavy atom. The van der Waals surface area contributed by atoms with Gasteiger partial charge in [-0.2, -0.15) is 10.2 Å². The first-order chi connectivity index (χ1) is 10.9. The lowest BCUT2D eigenvalue weighted by Gasteiger charge is -2.16. The molecule has 0 aromatic carbocycles. The van der Waals surface area contributed by atoms with E-state index in [2.05, 4.69) is 15.3 Å². The molecule has 3 rings (SSSR count). The SMILES string of the molecule is Cc1cc(N)n(CC(=O)N2C[C@@H](Cc3cc(C)[nH]n3)[C@@H](O)C2)n1. The summed E-state index contributed by atoms with van der Waals surface area (Å²) in [6, 6.07) is 3.69. The van der Waals surface area contributed by atoms with Gasteiger partial charge in [0.15, 0.2) is 0 Å². The van der Waals surface area contributed by atoms with E-state index >= 15 is 0 Å². The van der Waals surface area contributed by atoms with Crippen molar-refractivity contribution in [3.8, 4) is 0 Å². The van der Waals surface area contributed by atoms with E-state index in [1.807, 2.05) is 19.9 Å². The number of likely N-dealkylation sites (tertiary alicyclic amines) is 1. The maximum Gasteiger partial charge on any atom is 0.244 e. The Balaban J connectivity index is 1.61. The van der Waals surface area contributed by atoms with Crippen molar-refractivity contribution in [2.75, 3.05) is 18.8 Å². The summed E-state index contributed by atoms with van der Waals surface area (Å²) in [4.78, 5) is 14.1. The lowest BCUT2D eigenvalue weighted by molar-refractivity contribution is -0.131. The first kappa shape index (κ1) is 15.5. The number of aryl methyl sites for hydroxylation is 2. The molecular formula is C15H22N6O2. The molecule has 3 heterocycles.